The lowest BCUT2D eigenvalue weighted by Crippen LogP contribution is -2.43. The Morgan fingerprint density at radius 1 is 1.27 bits per heavy atom. The van der Waals surface area contributed by atoms with E-state index in [4.69, 9.17) is 4.74 Å². The van der Waals surface area contributed by atoms with Gasteiger partial charge in [0.15, 0.2) is 5.75 Å². The first-order chi connectivity index (χ1) is 12.5. The molecule has 0 spiro atoms. The Labute approximate surface area is 154 Å². The van der Waals surface area contributed by atoms with E-state index < -0.39 is 0 Å². The molecule has 1 aliphatic heterocycles. The third-order valence-electron chi connectivity index (χ3n) is 4.47. The first-order valence-corrected chi connectivity index (χ1v) is 8.87. The fraction of sp³-hybridized carbons (Fsp3) is 0.474. The molecule has 1 fully saturated rings. The molecule has 1 amide bonds. The van der Waals surface area contributed by atoms with Gasteiger partial charge in [-0.3, -0.25) is 14.8 Å². The SMILES string of the molecule is Cc1ncccc1Oc1nccnc1C1CCCN(C(=O)CN(C)C)C1. The van der Waals surface area contributed by atoms with Crippen molar-refractivity contribution in [2.24, 2.45) is 0 Å². The second-order valence-electron chi connectivity index (χ2n) is 6.85. The van der Waals surface area contributed by atoms with Gasteiger partial charge in [-0.15, -0.1) is 0 Å². The van der Waals surface area contributed by atoms with Crippen molar-refractivity contribution >= 4 is 5.91 Å². The summed E-state index contributed by atoms with van der Waals surface area (Å²) in [6.07, 6.45) is 6.95. The zero-order chi connectivity index (χ0) is 18.5. The molecule has 1 unspecified atom stereocenters. The number of aryl methyl sites for hydroxylation is 1. The van der Waals surface area contributed by atoms with Gasteiger partial charge in [0.2, 0.25) is 11.8 Å². The molecular formula is C19H25N5O2. The minimum absolute atomic E-state index is 0.121. The average molecular weight is 355 g/mol. The fourth-order valence-corrected chi connectivity index (χ4v) is 3.17. The summed E-state index contributed by atoms with van der Waals surface area (Å²) < 4.78 is 6.01. The van der Waals surface area contributed by atoms with Crippen LogP contribution in [0.5, 0.6) is 11.6 Å². The Morgan fingerprint density at radius 2 is 2.08 bits per heavy atom. The summed E-state index contributed by atoms with van der Waals surface area (Å²) in [5.41, 5.74) is 1.61. The quantitative estimate of drug-likeness (QED) is 0.819. The molecule has 2 aromatic heterocycles. The fourth-order valence-electron chi connectivity index (χ4n) is 3.17. The number of nitrogens with zero attached hydrogens (tertiary/aromatic N) is 5. The van der Waals surface area contributed by atoms with Gasteiger partial charge in [-0.25, -0.2) is 4.98 Å². The van der Waals surface area contributed by atoms with Crippen LogP contribution < -0.4 is 4.74 Å². The number of carbonyl (C=O) groups excluding carboxylic acids is 1. The number of ether oxygens (including phenoxy) is 1. The molecule has 26 heavy (non-hydrogen) atoms. The van der Waals surface area contributed by atoms with Crippen LogP contribution in [0.3, 0.4) is 0 Å². The van der Waals surface area contributed by atoms with Gasteiger partial charge in [0.1, 0.15) is 5.69 Å². The third-order valence-corrected chi connectivity index (χ3v) is 4.47. The Balaban J connectivity index is 1.79. The number of aromatic nitrogens is 3. The van der Waals surface area contributed by atoms with Crippen molar-refractivity contribution in [1.29, 1.82) is 0 Å². The second kappa shape index (κ2) is 8.23. The lowest BCUT2D eigenvalue weighted by molar-refractivity contribution is -0.133. The van der Waals surface area contributed by atoms with Crippen LogP contribution in [0.4, 0.5) is 0 Å². The minimum Gasteiger partial charge on any atom is -0.435 e. The molecule has 7 nitrogen and oxygen atoms in total. The Hall–Kier alpha value is -2.54. The van der Waals surface area contributed by atoms with Gasteiger partial charge in [-0.05, 0) is 46.0 Å². The molecule has 3 heterocycles. The molecule has 7 heteroatoms. The first-order valence-electron chi connectivity index (χ1n) is 8.87. The molecule has 1 aliphatic rings. The first kappa shape index (κ1) is 18.3. The summed E-state index contributed by atoms with van der Waals surface area (Å²) in [5, 5.41) is 0. The summed E-state index contributed by atoms with van der Waals surface area (Å²) in [4.78, 5) is 29.4. The van der Waals surface area contributed by atoms with E-state index in [9.17, 15) is 4.79 Å². The van der Waals surface area contributed by atoms with E-state index in [0.717, 1.165) is 30.8 Å². The molecule has 0 bridgehead atoms. The lowest BCUT2D eigenvalue weighted by atomic mass is 9.94. The summed E-state index contributed by atoms with van der Waals surface area (Å²) in [6.45, 7) is 3.76. The molecule has 3 rings (SSSR count). The largest absolute Gasteiger partial charge is 0.435 e. The number of amides is 1. The van der Waals surface area contributed by atoms with Crippen LogP contribution >= 0.6 is 0 Å². The van der Waals surface area contributed by atoms with Crippen LogP contribution in [0.2, 0.25) is 0 Å². The predicted molar refractivity (Wildman–Crippen MR) is 98.2 cm³/mol. The molecular weight excluding hydrogens is 330 g/mol. The van der Waals surface area contributed by atoms with E-state index >= 15 is 0 Å². The van der Waals surface area contributed by atoms with Gasteiger partial charge in [0, 0.05) is 37.6 Å². The van der Waals surface area contributed by atoms with E-state index in [-0.39, 0.29) is 11.8 Å². The van der Waals surface area contributed by atoms with Gasteiger partial charge in [-0.1, -0.05) is 0 Å². The number of hydrogen-bond acceptors (Lipinski definition) is 6. The van der Waals surface area contributed by atoms with E-state index in [1.54, 1.807) is 18.6 Å². The predicted octanol–water partition coefficient (Wildman–Crippen LogP) is 2.24. The van der Waals surface area contributed by atoms with Crippen molar-refractivity contribution in [3.63, 3.8) is 0 Å². The van der Waals surface area contributed by atoms with Gasteiger partial charge in [0.25, 0.3) is 0 Å². The van der Waals surface area contributed by atoms with Crippen LogP contribution in [0, 0.1) is 6.92 Å². The zero-order valence-electron chi connectivity index (χ0n) is 15.6. The van der Waals surface area contributed by atoms with Gasteiger partial charge in [0.05, 0.1) is 12.2 Å². The topological polar surface area (TPSA) is 71.5 Å². The molecule has 1 atom stereocenters. The van der Waals surface area contributed by atoms with E-state index in [2.05, 4.69) is 15.0 Å². The molecule has 2 aromatic rings. The van der Waals surface area contributed by atoms with Crippen molar-refractivity contribution in [3.05, 3.63) is 42.1 Å². The molecule has 0 aromatic carbocycles. The smallest absolute Gasteiger partial charge is 0.241 e. The molecule has 0 aliphatic carbocycles. The van der Waals surface area contributed by atoms with Crippen molar-refractivity contribution in [1.82, 2.24) is 24.8 Å². The monoisotopic (exact) mass is 355 g/mol. The van der Waals surface area contributed by atoms with Crippen LogP contribution in [-0.2, 0) is 4.79 Å². The molecule has 0 radical (unpaired) electrons. The Morgan fingerprint density at radius 3 is 2.85 bits per heavy atom. The highest BCUT2D eigenvalue weighted by molar-refractivity contribution is 5.78. The van der Waals surface area contributed by atoms with Crippen molar-refractivity contribution in [2.45, 2.75) is 25.7 Å². The Kier molecular flexibility index (Phi) is 5.78. The number of pyridine rings is 1. The standard InChI is InChI=1S/C19H25N5O2/c1-14-16(7-4-8-20-14)26-19-18(21-9-10-22-19)15-6-5-11-24(12-15)17(25)13-23(2)3/h4,7-10,15H,5-6,11-13H2,1-3H3. The highest BCUT2D eigenvalue weighted by atomic mass is 16.5. The molecule has 0 N–H and O–H groups in total. The third kappa shape index (κ3) is 4.35. The van der Waals surface area contributed by atoms with Gasteiger partial charge in [-0.2, -0.15) is 0 Å². The van der Waals surface area contributed by atoms with Crippen molar-refractivity contribution < 1.29 is 9.53 Å². The highest BCUT2D eigenvalue weighted by Crippen LogP contribution is 2.33. The summed E-state index contributed by atoms with van der Waals surface area (Å²) in [5.74, 6) is 1.44. The molecule has 1 saturated heterocycles. The van der Waals surface area contributed by atoms with E-state index in [1.165, 1.54) is 0 Å². The number of hydrogen-bond donors (Lipinski definition) is 0. The lowest BCUT2D eigenvalue weighted by Gasteiger charge is -2.33. The van der Waals surface area contributed by atoms with Crippen molar-refractivity contribution in [3.8, 4) is 11.6 Å². The van der Waals surface area contributed by atoms with Gasteiger partial charge >= 0.3 is 0 Å². The van der Waals surface area contributed by atoms with Crippen LogP contribution in [0.1, 0.15) is 30.1 Å². The maximum absolute atomic E-state index is 12.4. The number of likely N-dealkylation sites (tertiary alicyclic amines) is 1. The summed E-state index contributed by atoms with van der Waals surface area (Å²) >= 11 is 0. The number of rotatable bonds is 5. The zero-order valence-corrected chi connectivity index (χ0v) is 15.6. The highest BCUT2D eigenvalue weighted by Gasteiger charge is 2.28. The summed E-state index contributed by atoms with van der Waals surface area (Å²) in [7, 11) is 3.81. The summed E-state index contributed by atoms with van der Waals surface area (Å²) in [6, 6.07) is 3.70. The molecule has 0 saturated carbocycles. The molecule has 138 valence electrons. The van der Waals surface area contributed by atoms with Crippen LogP contribution in [0.15, 0.2) is 30.7 Å². The van der Waals surface area contributed by atoms with Gasteiger partial charge < -0.3 is 14.5 Å². The number of likely N-dealkylation sites (N-methyl/N-ethyl adjacent to an activating group) is 1. The van der Waals surface area contributed by atoms with Crippen molar-refractivity contribution in [2.75, 3.05) is 33.7 Å². The average Bonchev–Trinajstić information content (AvgIpc) is 2.64. The van der Waals surface area contributed by atoms with Crippen LogP contribution in [-0.4, -0.2) is 64.4 Å². The maximum atomic E-state index is 12.4. The normalized spacial score (nSPS) is 17.4. The maximum Gasteiger partial charge on any atom is 0.241 e. The van der Waals surface area contributed by atoms with Crippen LogP contribution in [0.25, 0.3) is 0 Å². The Bertz CT molecular complexity index is 765. The number of piperidine rings is 1. The minimum atomic E-state index is 0.121. The van der Waals surface area contributed by atoms with E-state index in [0.29, 0.717) is 24.7 Å². The second-order valence-corrected chi connectivity index (χ2v) is 6.85. The van der Waals surface area contributed by atoms with E-state index in [1.807, 2.05) is 43.0 Å². The number of carbonyl (C=O) groups is 1.